The highest BCUT2D eigenvalue weighted by atomic mass is 32.1. The van der Waals surface area contributed by atoms with Gasteiger partial charge in [0.15, 0.2) is 0 Å². The topological polar surface area (TPSA) is 29.5 Å². The summed E-state index contributed by atoms with van der Waals surface area (Å²) in [6.45, 7) is 5.36. The van der Waals surface area contributed by atoms with Crippen LogP contribution in [0, 0.1) is 0 Å². The summed E-state index contributed by atoms with van der Waals surface area (Å²) in [5.41, 5.74) is 0. The molecule has 4 rings (SSSR count). The first-order chi connectivity index (χ1) is 10.6. The Balaban J connectivity index is 1.72. The molecule has 0 unspecified atom stereocenters. The van der Waals surface area contributed by atoms with Gasteiger partial charge in [0, 0.05) is 21.3 Å². The average Bonchev–Trinajstić information content (AvgIpc) is 3.06. The third-order valence-electron chi connectivity index (χ3n) is 4.13. The van der Waals surface area contributed by atoms with Crippen LogP contribution in [0.25, 0.3) is 19.5 Å². The molecular formula is C17H17NO2S2. The van der Waals surface area contributed by atoms with E-state index in [4.69, 9.17) is 4.74 Å². The van der Waals surface area contributed by atoms with E-state index in [-0.39, 0.29) is 18.1 Å². The van der Waals surface area contributed by atoms with Crippen LogP contribution in [-0.4, -0.2) is 36.1 Å². The molecule has 114 valence electrons. The fraction of sp³-hybridized carbons (Fsp3) is 0.353. The van der Waals surface area contributed by atoms with Crippen LogP contribution >= 0.6 is 22.7 Å². The molecule has 0 radical (unpaired) electrons. The standard InChI is InChI=1S/C17H17NO2S2/c1-10-9-20-11(2)8-18(10)17(19)15-7-14-16(22-15)12-5-3-4-6-13(12)21-14/h3-7,10-11H,8-9H2,1-2H3/t10-,11+/m1/s1. The van der Waals surface area contributed by atoms with E-state index >= 15 is 0 Å². The quantitative estimate of drug-likeness (QED) is 0.663. The molecule has 1 amide bonds. The molecule has 0 aliphatic carbocycles. The molecule has 2 aromatic heterocycles. The van der Waals surface area contributed by atoms with Crippen LogP contribution in [0.15, 0.2) is 30.3 Å². The van der Waals surface area contributed by atoms with Gasteiger partial charge in [-0.25, -0.2) is 0 Å². The number of ether oxygens (including phenoxy) is 1. The Morgan fingerprint density at radius 3 is 2.91 bits per heavy atom. The molecule has 0 N–H and O–H groups in total. The number of amides is 1. The van der Waals surface area contributed by atoms with Crippen LogP contribution in [0.1, 0.15) is 23.5 Å². The number of nitrogens with zero attached hydrogens (tertiary/aromatic N) is 1. The predicted octanol–water partition coefficient (Wildman–Crippen LogP) is 4.37. The van der Waals surface area contributed by atoms with Gasteiger partial charge in [0.05, 0.1) is 28.3 Å². The summed E-state index contributed by atoms with van der Waals surface area (Å²) in [6, 6.07) is 10.6. The van der Waals surface area contributed by atoms with Crippen molar-refractivity contribution < 1.29 is 9.53 Å². The number of carbonyl (C=O) groups is 1. The van der Waals surface area contributed by atoms with Crippen molar-refractivity contribution in [3.8, 4) is 0 Å². The highest BCUT2D eigenvalue weighted by Gasteiger charge is 2.29. The first-order valence-corrected chi connectivity index (χ1v) is 9.10. The van der Waals surface area contributed by atoms with Crippen molar-refractivity contribution >= 4 is 48.1 Å². The normalized spacial score (nSPS) is 22.5. The highest BCUT2D eigenvalue weighted by molar-refractivity contribution is 7.33. The molecule has 1 fully saturated rings. The second-order valence-corrected chi connectivity index (χ2v) is 7.99. The van der Waals surface area contributed by atoms with Crippen molar-refractivity contribution in [3.05, 3.63) is 35.2 Å². The van der Waals surface area contributed by atoms with Gasteiger partial charge in [0.2, 0.25) is 0 Å². The van der Waals surface area contributed by atoms with Crippen molar-refractivity contribution in [2.45, 2.75) is 26.0 Å². The Bertz CT molecular complexity index is 851. The Hall–Kier alpha value is -1.43. The maximum atomic E-state index is 12.8. The number of thiophene rings is 2. The Morgan fingerprint density at radius 1 is 1.23 bits per heavy atom. The van der Waals surface area contributed by atoms with Gasteiger partial charge in [0.25, 0.3) is 5.91 Å². The van der Waals surface area contributed by atoms with Crippen LogP contribution in [0.4, 0.5) is 0 Å². The Labute approximate surface area is 137 Å². The van der Waals surface area contributed by atoms with Crippen molar-refractivity contribution in [2.24, 2.45) is 0 Å². The Kier molecular flexibility index (Phi) is 3.44. The molecular weight excluding hydrogens is 314 g/mol. The highest BCUT2D eigenvalue weighted by Crippen LogP contribution is 2.39. The molecule has 5 heteroatoms. The molecule has 22 heavy (non-hydrogen) atoms. The van der Waals surface area contributed by atoms with Gasteiger partial charge in [-0.05, 0) is 26.0 Å². The molecule has 0 bridgehead atoms. The maximum Gasteiger partial charge on any atom is 0.264 e. The fourth-order valence-electron chi connectivity index (χ4n) is 2.93. The third-order valence-corrected chi connectivity index (χ3v) is 6.53. The van der Waals surface area contributed by atoms with Gasteiger partial charge in [-0.3, -0.25) is 4.79 Å². The molecule has 2 atom stereocenters. The second-order valence-electron chi connectivity index (χ2n) is 5.85. The summed E-state index contributed by atoms with van der Waals surface area (Å²) in [5.74, 6) is 0.139. The number of fused-ring (bicyclic) bond motifs is 3. The number of benzene rings is 1. The molecule has 1 aliphatic heterocycles. The summed E-state index contributed by atoms with van der Waals surface area (Å²) in [4.78, 5) is 15.6. The summed E-state index contributed by atoms with van der Waals surface area (Å²) in [7, 11) is 0. The predicted molar refractivity (Wildman–Crippen MR) is 93.1 cm³/mol. The largest absolute Gasteiger partial charge is 0.375 e. The molecule has 1 aliphatic rings. The summed E-state index contributed by atoms with van der Waals surface area (Å²) < 4.78 is 9.35. The first kappa shape index (κ1) is 14.2. The lowest BCUT2D eigenvalue weighted by molar-refractivity contribution is -0.0385. The zero-order chi connectivity index (χ0) is 15.3. The van der Waals surface area contributed by atoms with Crippen LogP contribution in [-0.2, 0) is 4.74 Å². The van der Waals surface area contributed by atoms with Gasteiger partial charge >= 0.3 is 0 Å². The summed E-state index contributed by atoms with van der Waals surface area (Å²) in [5, 5.41) is 1.26. The lowest BCUT2D eigenvalue weighted by atomic mass is 10.2. The van der Waals surface area contributed by atoms with E-state index in [9.17, 15) is 4.79 Å². The minimum absolute atomic E-state index is 0.113. The molecule has 3 aromatic rings. The van der Waals surface area contributed by atoms with Gasteiger partial charge in [-0.1, -0.05) is 18.2 Å². The Morgan fingerprint density at radius 2 is 2.05 bits per heavy atom. The summed E-state index contributed by atoms with van der Waals surface area (Å²) in [6.07, 6.45) is 0.113. The second kappa shape index (κ2) is 5.33. The van der Waals surface area contributed by atoms with Crippen LogP contribution in [0.3, 0.4) is 0 Å². The van der Waals surface area contributed by atoms with Crippen LogP contribution in [0.2, 0.25) is 0 Å². The van der Waals surface area contributed by atoms with E-state index in [2.05, 4.69) is 37.3 Å². The lowest BCUT2D eigenvalue weighted by Crippen LogP contribution is -2.50. The van der Waals surface area contributed by atoms with Crippen LogP contribution in [0.5, 0.6) is 0 Å². The summed E-state index contributed by atoms with van der Waals surface area (Å²) >= 11 is 3.38. The van der Waals surface area contributed by atoms with Crippen molar-refractivity contribution in [2.75, 3.05) is 13.2 Å². The van der Waals surface area contributed by atoms with E-state index in [1.807, 2.05) is 11.8 Å². The van der Waals surface area contributed by atoms with E-state index in [1.54, 1.807) is 22.7 Å². The number of rotatable bonds is 1. The van der Waals surface area contributed by atoms with Crippen LogP contribution < -0.4 is 0 Å². The molecule has 1 aromatic carbocycles. The van der Waals surface area contributed by atoms with E-state index in [0.29, 0.717) is 13.2 Å². The third kappa shape index (κ3) is 2.24. The van der Waals surface area contributed by atoms with E-state index < -0.39 is 0 Å². The smallest absolute Gasteiger partial charge is 0.264 e. The number of hydrogen-bond donors (Lipinski definition) is 0. The molecule has 1 saturated heterocycles. The van der Waals surface area contributed by atoms with Gasteiger partial charge < -0.3 is 9.64 Å². The van der Waals surface area contributed by atoms with Crippen molar-refractivity contribution in [3.63, 3.8) is 0 Å². The number of morpholine rings is 1. The van der Waals surface area contributed by atoms with Crippen molar-refractivity contribution in [1.29, 1.82) is 0 Å². The molecule has 3 heterocycles. The maximum absolute atomic E-state index is 12.8. The monoisotopic (exact) mass is 331 g/mol. The van der Waals surface area contributed by atoms with E-state index in [1.165, 1.54) is 19.5 Å². The molecule has 0 saturated carbocycles. The van der Waals surface area contributed by atoms with E-state index in [0.717, 1.165) is 4.88 Å². The first-order valence-electron chi connectivity index (χ1n) is 7.47. The zero-order valence-electron chi connectivity index (χ0n) is 12.5. The molecule has 3 nitrogen and oxygen atoms in total. The minimum atomic E-state index is 0.113. The van der Waals surface area contributed by atoms with Gasteiger partial charge in [-0.2, -0.15) is 0 Å². The zero-order valence-corrected chi connectivity index (χ0v) is 14.2. The minimum Gasteiger partial charge on any atom is -0.375 e. The average molecular weight is 331 g/mol. The van der Waals surface area contributed by atoms with Gasteiger partial charge in [-0.15, -0.1) is 22.7 Å². The van der Waals surface area contributed by atoms with Crippen molar-refractivity contribution in [1.82, 2.24) is 4.90 Å². The number of hydrogen-bond acceptors (Lipinski definition) is 4. The SMILES string of the molecule is C[C@@H]1CO[C@@H](C)CN1C(=O)c1cc2sc3ccccc3c2s1. The van der Waals surface area contributed by atoms with Gasteiger partial charge in [0.1, 0.15) is 0 Å². The fourth-order valence-corrected chi connectivity index (χ4v) is 5.41. The molecule has 0 spiro atoms. The lowest BCUT2D eigenvalue weighted by Gasteiger charge is -2.36. The number of carbonyl (C=O) groups excluding carboxylic acids is 1.